The summed E-state index contributed by atoms with van der Waals surface area (Å²) in [5, 5.41) is 8.73. The van der Waals surface area contributed by atoms with Gasteiger partial charge >= 0.3 is 0 Å². The van der Waals surface area contributed by atoms with Gasteiger partial charge in [-0.3, -0.25) is 4.79 Å². The highest BCUT2D eigenvalue weighted by atomic mass is 35.5. The molecule has 0 aliphatic rings. The molecule has 3 rings (SSSR count). The zero-order valence-electron chi connectivity index (χ0n) is 12.4. The largest absolute Gasteiger partial charge is 0.483 e. The third-order valence-electron chi connectivity index (χ3n) is 3.29. The molecule has 0 aliphatic carbocycles. The Kier molecular flexibility index (Phi) is 4.43. The van der Waals surface area contributed by atoms with Crippen LogP contribution >= 0.6 is 11.6 Å². The minimum atomic E-state index is -0.179. The molecule has 23 heavy (non-hydrogen) atoms. The van der Waals surface area contributed by atoms with Crippen molar-refractivity contribution in [3.8, 4) is 5.75 Å². The predicted molar refractivity (Wildman–Crippen MR) is 85.4 cm³/mol. The monoisotopic (exact) mass is 331 g/mol. The molecular formula is C16H14ClN3O3. The number of benzene rings is 2. The quantitative estimate of drug-likeness (QED) is 0.778. The Balaban J connectivity index is 1.74. The van der Waals surface area contributed by atoms with E-state index in [1.54, 1.807) is 19.2 Å². The third-order valence-corrected chi connectivity index (χ3v) is 3.62. The van der Waals surface area contributed by atoms with Crippen molar-refractivity contribution in [1.29, 1.82) is 0 Å². The normalized spacial score (nSPS) is 10.7. The Bertz CT molecular complexity index is 847. The zero-order chi connectivity index (χ0) is 16.2. The van der Waals surface area contributed by atoms with Gasteiger partial charge in [-0.2, -0.15) is 4.98 Å². The highest BCUT2D eigenvalue weighted by Gasteiger charge is 2.11. The van der Waals surface area contributed by atoms with Crippen molar-refractivity contribution < 1.29 is 14.1 Å². The van der Waals surface area contributed by atoms with Crippen molar-refractivity contribution in [3.63, 3.8) is 0 Å². The Morgan fingerprint density at radius 3 is 2.83 bits per heavy atom. The predicted octanol–water partition coefficient (Wildman–Crippen LogP) is 2.74. The molecular weight excluding hydrogens is 318 g/mol. The van der Waals surface area contributed by atoms with Crippen LogP contribution in [0.5, 0.6) is 5.75 Å². The van der Waals surface area contributed by atoms with Crippen molar-refractivity contribution in [2.24, 2.45) is 0 Å². The Morgan fingerprint density at radius 1 is 1.26 bits per heavy atom. The van der Waals surface area contributed by atoms with E-state index in [1.165, 1.54) is 0 Å². The van der Waals surface area contributed by atoms with Crippen molar-refractivity contribution >= 4 is 28.3 Å². The lowest BCUT2D eigenvalue weighted by atomic mass is 10.1. The van der Waals surface area contributed by atoms with Crippen molar-refractivity contribution in [2.45, 2.75) is 13.0 Å². The van der Waals surface area contributed by atoms with Crippen LogP contribution in [0, 0.1) is 0 Å². The van der Waals surface area contributed by atoms with Gasteiger partial charge in [0.1, 0.15) is 5.75 Å². The van der Waals surface area contributed by atoms with Crippen LogP contribution in [0.2, 0.25) is 5.02 Å². The first-order valence-corrected chi connectivity index (χ1v) is 7.37. The standard InChI is InChI=1S/C16H14ClN3O3/c1-18-15(21)8-14-19-16(23-20-14)9-22-13-7-6-12(17)10-4-2-3-5-11(10)13/h2-7H,8-9H2,1H3,(H,18,21). The molecule has 0 fully saturated rings. The molecule has 0 unspecified atom stereocenters. The number of likely N-dealkylation sites (N-methyl/N-ethyl adjacent to an activating group) is 1. The fraction of sp³-hybridized carbons (Fsp3) is 0.188. The molecule has 0 spiro atoms. The summed E-state index contributed by atoms with van der Waals surface area (Å²) < 4.78 is 10.8. The van der Waals surface area contributed by atoms with Crippen LogP contribution < -0.4 is 10.1 Å². The summed E-state index contributed by atoms with van der Waals surface area (Å²) in [5.74, 6) is 1.13. The maximum absolute atomic E-state index is 11.3. The van der Waals surface area contributed by atoms with Crippen LogP contribution in [0.1, 0.15) is 11.7 Å². The van der Waals surface area contributed by atoms with Crippen LogP contribution in [-0.4, -0.2) is 23.1 Å². The number of ether oxygens (including phenoxy) is 1. The zero-order valence-corrected chi connectivity index (χ0v) is 13.1. The molecule has 0 radical (unpaired) electrons. The molecule has 7 heteroatoms. The Morgan fingerprint density at radius 2 is 2.04 bits per heavy atom. The van der Waals surface area contributed by atoms with E-state index in [0.29, 0.717) is 22.5 Å². The number of nitrogens with zero attached hydrogens (tertiary/aromatic N) is 2. The summed E-state index contributed by atoms with van der Waals surface area (Å²) in [6.45, 7) is 0.117. The van der Waals surface area contributed by atoms with E-state index in [0.717, 1.165) is 10.8 Å². The van der Waals surface area contributed by atoms with Gasteiger partial charge in [0.25, 0.3) is 5.89 Å². The van der Waals surface area contributed by atoms with Crippen molar-refractivity contribution in [3.05, 3.63) is 53.1 Å². The first-order valence-electron chi connectivity index (χ1n) is 6.99. The average Bonchev–Trinajstić information content (AvgIpc) is 3.02. The molecule has 0 saturated heterocycles. The van der Waals surface area contributed by atoms with Crippen molar-refractivity contribution in [1.82, 2.24) is 15.5 Å². The average molecular weight is 332 g/mol. The fourth-order valence-electron chi connectivity index (χ4n) is 2.15. The Hall–Kier alpha value is -2.60. The number of halogens is 1. The van der Waals surface area contributed by atoms with E-state index < -0.39 is 0 Å². The smallest absolute Gasteiger partial charge is 0.264 e. The third kappa shape index (κ3) is 3.43. The van der Waals surface area contributed by atoms with Crippen LogP contribution in [0.4, 0.5) is 0 Å². The molecule has 3 aromatic rings. The maximum Gasteiger partial charge on any atom is 0.264 e. The number of amides is 1. The van der Waals surface area contributed by atoms with E-state index >= 15 is 0 Å². The van der Waals surface area contributed by atoms with Crippen LogP contribution in [-0.2, 0) is 17.8 Å². The van der Waals surface area contributed by atoms with Gasteiger partial charge in [-0.25, -0.2) is 0 Å². The SMILES string of the molecule is CNC(=O)Cc1noc(COc2ccc(Cl)c3ccccc23)n1. The molecule has 6 nitrogen and oxygen atoms in total. The summed E-state index contributed by atoms with van der Waals surface area (Å²) in [6, 6.07) is 11.3. The molecule has 0 aliphatic heterocycles. The van der Waals surface area contributed by atoms with E-state index in [4.69, 9.17) is 20.9 Å². The van der Waals surface area contributed by atoms with Gasteiger partial charge in [-0.1, -0.05) is 41.0 Å². The van der Waals surface area contributed by atoms with E-state index in [-0.39, 0.29) is 18.9 Å². The molecule has 118 valence electrons. The number of carbonyl (C=O) groups excluding carboxylic acids is 1. The van der Waals surface area contributed by atoms with Gasteiger partial charge < -0.3 is 14.6 Å². The lowest BCUT2D eigenvalue weighted by Crippen LogP contribution is -2.20. The van der Waals surface area contributed by atoms with Crippen LogP contribution in [0.3, 0.4) is 0 Å². The fourth-order valence-corrected chi connectivity index (χ4v) is 2.38. The van der Waals surface area contributed by atoms with Gasteiger partial charge in [0.2, 0.25) is 5.91 Å². The molecule has 1 N–H and O–H groups in total. The second-order valence-corrected chi connectivity index (χ2v) is 5.24. The maximum atomic E-state index is 11.3. The summed E-state index contributed by atoms with van der Waals surface area (Å²) in [4.78, 5) is 15.4. The van der Waals surface area contributed by atoms with Gasteiger partial charge in [-0.05, 0) is 12.1 Å². The molecule has 0 atom stereocenters. The number of aromatic nitrogens is 2. The number of hydrogen-bond donors (Lipinski definition) is 1. The van der Waals surface area contributed by atoms with Crippen LogP contribution in [0.25, 0.3) is 10.8 Å². The number of fused-ring (bicyclic) bond motifs is 1. The van der Waals surface area contributed by atoms with Gasteiger partial charge in [0.15, 0.2) is 12.4 Å². The number of rotatable bonds is 5. The van der Waals surface area contributed by atoms with E-state index in [2.05, 4.69) is 15.5 Å². The highest BCUT2D eigenvalue weighted by molar-refractivity contribution is 6.35. The summed E-state index contributed by atoms with van der Waals surface area (Å²) >= 11 is 6.18. The molecule has 0 bridgehead atoms. The number of carbonyl (C=O) groups is 1. The molecule has 2 aromatic carbocycles. The van der Waals surface area contributed by atoms with Gasteiger partial charge in [0.05, 0.1) is 6.42 Å². The number of hydrogen-bond acceptors (Lipinski definition) is 5. The number of nitrogens with one attached hydrogen (secondary N) is 1. The first kappa shape index (κ1) is 15.3. The highest BCUT2D eigenvalue weighted by Crippen LogP contribution is 2.31. The summed E-state index contributed by atoms with van der Waals surface area (Å²) in [7, 11) is 1.55. The van der Waals surface area contributed by atoms with Gasteiger partial charge in [0, 0.05) is 22.8 Å². The van der Waals surface area contributed by atoms with Crippen molar-refractivity contribution in [2.75, 3.05) is 7.05 Å². The Labute approximate surface area is 137 Å². The lowest BCUT2D eigenvalue weighted by molar-refractivity contribution is -0.120. The second-order valence-electron chi connectivity index (χ2n) is 4.83. The summed E-state index contributed by atoms with van der Waals surface area (Å²) in [5.41, 5.74) is 0. The molecule has 1 heterocycles. The first-order chi connectivity index (χ1) is 11.2. The minimum absolute atomic E-state index is 0.0733. The van der Waals surface area contributed by atoms with Crippen LogP contribution in [0.15, 0.2) is 40.9 Å². The molecule has 1 amide bonds. The topological polar surface area (TPSA) is 77.2 Å². The van der Waals surface area contributed by atoms with Gasteiger partial charge in [-0.15, -0.1) is 0 Å². The van der Waals surface area contributed by atoms with E-state index in [1.807, 2.05) is 24.3 Å². The molecule has 1 aromatic heterocycles. The molecule has 0 saturated carbocycles. The summed E-state index contributed by atoms with van der Waals surface area (Å²) in [6.07, 6.45) is 0.0733. The minimum Gasteiger partial charge on any atom is -0.483 e. The second kappa shape index (κ2) is 6.66. The van der Waals surface area contributed by atoms with E-state index in [9.17, 15) is 4.79 Å². The lowest BCUT2D eigenvalue weighted by Gasteiger charge is -2.08.